The fraction of sp³-hybridized carbons (Fsp3) is 0.462. The lowest BCUT2D eigenvalue weighted by Crippen LogP contribution is -2.37. The molecule has 1 aliphatic rings. The van der Waals surface area contributed by atoms with E-state index >= 15 is 0 Å². The first-order chi connectivity index (χ1) is 9.41. The average molecular weight is 282 g/mol. The fourth-order valence-electron chi connectivity index (χ4n) is 2.55. The molecular formula is C13H15FN2O4. The van der Waals surface area contributed by atoms with Gasteiger partial charge in [0.15, 0.2) is 0 Å². The molecule has 1 aromatic carbocycles. The van der Waals surface area contributed by atoms with Crippen LogP contribution >= 0.6 is 0 Å². The number of nitrogens with zero attached hydrogens (tertiary/aromatic N) is 2. The lowest BCUT2D eigenvalue weighted by molar-refractivity contribution is -0.384. The van der Waals surface area contributed by atoms with E-state index in [0.717, 1.165) is 31.4 Å². The number of carboxylic acids is 1. The van der Waals surface area contributed by atoms with Crippen LogP contribution in [0.5, 0.6) is 0 Å². The highest BCUT2D eigenvalue weighted by atomic mass is 19.1. The summed E-state index contributed by atoms with van der Waals surface area (Å²) < 4.78 is 13.8. The zero-order chi connectivity index (χ0) is 14.9. The lowest BCUT2D eigenvalue weighted by atomic mass is 10.0. The SMILES string of the molecule is CC1CCCCN1c1cc(F)c(C(=O)O)cc1[N+](=O)[O-]. The molecule has 1 N–H and O–H groups in total. The molecule has 108 valence electrons. The van der Waals surface area contributed by atoms with Crippen molar-refractivity contribution in [1.82, 2.24) is 0 Å². The van der Waals surface area contributed by atoms with E-state index in [0.29, 0.717) is 6.54 Å². The van der Waals surface area contributed by atoms with Gasteiger partial charge in [-0.3, -0.25) is 10.1 Å². The molecule has 1 heterocycles. The van der Waals surface area contributed by atoms with Crippen LogP contribution in [-0.4, -0.2) is 28.6 Å². The van der Waals surface area contributed by atoms with Gasteiger partial charge in [-0.15, -0.1) is 0 Å². The van der Waals surface area contributed by atoms with Gasteiger partial charge >= 0.3 is 5.97 Å². The number of anilines is 1. The van der Waals surface area contributed by atoms with Gasteiger partial charge in [0.25, 0.3) is 5.69 Å². The molecule has 1 aromatic rings. The van der Waals surface area contributed by atoms with Crippen molar-refractivity contribution < 1.29 is 19.2 Å². The summed E-state index contributed by atoms with van der Waals surface area (Å²) in [5, 5.41) is 20.0. The molecule has 0 bridgehead atoms. The highest BCUT2D eigenvalue weighted by Gasteiger charge is 2.28. The van der Waals surface area contributed by atoms with Gasteiger partial charge in [-0.05, 0) is 26.2 Å². The van der Waals surface area contributed by atoms with Crippen LogP contribution in [0.25, 0.3) is 0 Å². The van der Waals surface area contributed by atoms with Crippen molar-refractivity contribution in [2.75, 3.05) is 11.4 Å². The predicted octanol–water partition coefficient (Wildman–Crippen LogP) is 2.81. The Balaban J connectivity index is 2.53. The van der Waals surface area contributed by atoms with Gasteiger partial charge in [-0.25, -0.2) is 9.18 Å². The van der Waals surface area contributed by atoms with E-state index in [1.807, 2.05) is 6.92 Å². The van der Waals surface area contributed by atoms with Crippen molar-refractivity contribution >= 4 is 17.3 Å². The van der Waals surface area contributed by atoms with E-state index in [2.05, 4.69) is 0 Å². The molecule has 7 heteroatoms. The molecule has 6 nitrogen and oxygen atoms in total. The van der Waals surface area contributed by atoms with Crippen LogP contribution in [0.4, 0.5) is 15.8 Å². The molecule has 20 heavy (non-hydrogen) atoms. The molecule has 1 fully saturated rings. The van der Waals surface area contributed by atoms with Crippen molar-refractivity contribution in [2.24, 2.45) is 0 Å². The number of aromatic carboxylic acids is 1. The first-order valence-corrected chi connectivity index (χ1v) is 6.39. The second kappa shape index (κ2) is 5.44. The number of hydrogen-bond donors (Lipinski definition) is 1. The maximum atomic E-state index is 13.8. The first-order valence-electron chi connectivity index (χ1n) is 6.39. The quantitative estimate of drug-likeness (QED) is 0.680. The summed E-state index contributed by atoms with van der Waals surface area (Å²) in [5.41, 5.74) is -0.882. The number of nitro benzene ring substituents is 1. The second-order valence-electron chi connectivity index (χ2n) is 4.92. The van der Waals surface area contributed by atoms with E-state index < -0.39 is 22.3 Å². The molecule has 2 rings (SSSR count). The lowest BCUT2D eigenvalue weighted by Gasteiger charge is -2.35. The molecule has 1 unspecified atom stereocenters. The van der Waals surface area contributed by atoms with Gasteiger partial charge in [-0.1, -0.05) is 0 Å². The number of benzene rings is 1. The minimum atomic E-state index is -1.51. The van der Waals surface area contributed by atoms with Gasteiger partial charge in [0.1, 0.15) is 17.1 Å². The van der Waals surface area contributed by atoms with Crippen LogP contribution in [0.1, 0.15) is 36.5 Å². The van der Waals surface area contributed by atoms with Crippen molar-refractivity contribution in [3.05, 3.63) is 33.6 Å². The van der Waals surface area contributed by atoms with Crippen LogP contribution in [0, 0.1) is 15.9 Å². The number of carbonyl (C=O) groups is 1. The smallest absolute Gasteiger partial charge is 0.338 e. The molecule has 1 saturated heterocycles. The molecule has 0 amide bonds. The van der Waals surface area contributed by atoms with Crippen molar-refractivity contribution in [3.8, 4) is 0 Å². The Morgan fingerprint density at radius 3 is 2.75 bits per heavy atom. The van der Waals surface area contributed by atoms with Crippen LogP contribution in [-0.2, 0) is 0 Å². The molecule has 0 spiro atoms. The standard InChI is InChI=1S/C13H15FN2O4/c1-8-4-2-3-5-15(8)11-7-10(14)9(13(17)18)6-12(11)16(19)20/h6-8H,2-5H2,1H3,(H,17,18). The third-order valence-corrected chi connectivity index (χ3v) is 3.60. The van der Waals surface area contributed by atoms with E-state index in [1.165, 1.54) is 0 Å². The molecule has 1 atom stereocenters. The number of halogens is 1. The Hall–Kier alpha value is -2.18. The van der Waals surface area contributed by atoms with Crippen molar-refractivity contribution in [1.29, 1.82) is 0 Å². The van der Waals surface area contributed by atoms with E-state index in [-0.39, 0.29) is 17.4 Å². The third-order valence-electron chi connectivity index (χ3n) is 3.60. The summed E-state index contributed by atoms with van der Waals surface area (Å²) in [6, 6.07) is 1.83. The molecule has 0 radical (unpaired) electrons. The Labute approximate surface area is 115 Å². The maximum absolute atomic E-state index is 13.8. The van der Waals surface area contributed by atoms with Crippen LogP contribution in [0.3, 0.4) is 0 Å². The summed E-state index contributed by atoms with van der Waals surface area (Å²) >= 11 is 0. The van der Waals surface area contributed by atoms with Gasteiger partial charge < -0.3 is 10.0 Å². The van der Waals surface area contributed by atoms with E-state index in [9.17, 15) is 19.3 Å². The van der Waals surface area contributed by atoms with Gasteiger partial charge in [0, 0.05) is 24.7 Å². The monoisotopic (exact) mass is 282 g/mol. The van der Waals surface area contributed by atoms with Crippen LogP contribution in [0.15, 0.2) is 12.1 Å². The average Bonchev–Trinajstić information content (AvgIpc) is 2.38. The summed E-state index contributed by atoms with van der Waals surface area (Å²) in [6.45, 7) is 2.53. The third kappa shape index (κ3) is 2.56. The zero-order valence-electron chi connectivity index (χ0n) is 11.0. The minimum absolute atomic E-state index is 0.0672. The Kier molecular flexibility index (Phi) is 3.87. The first kappa shape index (κ1) is 14.2. The van der Waals surface area contributed by atoms with E-state index in [1.54, 1.807) is 4.90 Å². The number of piperidine rings is 1. The summed E-state index contributed by atoms with van der Waals surface area (Å²) in [5.74, 6) is -2.46. The largest absolute Gasteiger partial charge is 0.478 e. The predicted molar refractivity (Wildman–Crippen MR) is 70.7 cm³/mol. The van der Waals surface area contributed by atoms with Gasteiger partial charge in [-0.2, -0.15) is 0 Å². The summed E-state index contributed by atoms with van der Waals surface area (Å²) in [4.78, 5) is 23.1. The van der Waals surface area contributed by atoms with Crippen LogP contribution < -0.4 is 4.90 Å². The fourth-order valence-corrected chi connectivity index (χ4v) is 2.55. The molecule has 1 aliphatic heterocycles. The summed E-state index contributed by atoms with van der Waals surface area (Å²) in [7, 11) is 0. The number of hydrogen-bond acceptors (Lipinski definition) is 4. The molecular weight excluding hydrogens is 267 g/mol. The van der Waals surface area contributed by atoms with Crippen molar-refractivity contribution in [3.63, 3.8) is 0 Å². The van der Waals surface area contributed by atoms with E-state index in [4.69, 9.17) is 5.11 Å². The zero-order valence-corrected chi connectivity index (χ0v) is 11.0. The Bertz CT molecular complexity index is 562. The number of rotatable bonds is 3. The topological polar surface area (TPSA) is 83.7 Å². The second-order valence-corrected chi connectivity index (χ2v) is 4.92. The highest BCUT2D eigenvalue weighted by molar-refractivity contribution is 5.90. The van der Waals surface area contributed by atoms with Crippen LogP contribution in [0.2, 0.25) is 0 Å². The van der Waals surface area contributed by atoms with Crippen molar-refractivity contribution in [2.45, 2.75) is 32.2 Å². The summed E-state index contributed by atoms with van der Waals surface area (Å²) in [6.07, 6.45) is 2.78. The Morgan fingerprint density at radius 1 is 1.50 bits per heavy atom. The Morgan fingerprint density at radius 2 is 2.20 bits per heavy atom. The van der Waals surface area contributed by atoms with Gasteiger partial charge in [0.05, 0.1) is 4.92 Å². The van der Waals surface area contributed by atoms with Gasteiger partial charge in [0.2, 0.25) is 0 Å². The molecule has 0 saturated carbocycles. The minimum Gasteiger partial charge on any atom is -0.478 e. The maximum Gasteiger partial charge on any atom is 0.338 e. The molecule has 0 aliphatic carbocycles. The molecule has 0 aromatic heterocycles. The normalized spacial score (nSPS) is 18.9. The number of carboxylic acid groups (broad SMARTS) is 1. The number of nitro groups is 1. The highest BCUT2D eigenvalue weighted by Crippen LogP contribution is 2.34.